The van der Waals surface area contributed by atoms with E-state index in [0.717, 1.165) is 18.4 Å². The van der Waals surface area contributed by atoms with Crippen molar-refractivity contribution in [3.05, 3.63) is 12.2 Å². The Morgan fingerprint density at radius 3 is 2.44 bits per heavy atom. The fourth-order valence-electron chi connectivity index (χ4n) is 9.94. The van der Waals surface area contributed by atoms with Crippen LogP contribution < -0.4 is 0 Å². The maximum atomic E-state index is 6.87. The van der Waals surface area contributed by atoms with Gasteiger partial charge in [-0.25, -0.2) is 0 Å². The summed E-state index contributed by atoms with van der Waals surface area (Å²) >= 11 is 0. The van der Waals surface area contributed by atoms with Gasteiger partial charge in [-0.2, -0.15) is 0 Å². The highest BCUT2D eigenvalue weighted by molar-refractivity contribution is 5.15. The van der Waals surface area contributed by atoms with Gasteiger partial charge in [0.15, 0.2) is 0 Å². The van der Waals surface area contributed by atoms with Gasteiger partial charge in [-0.3, -0.25) is 0 Å². The molecule has 0 aromatic carbocycles. The Hall–Kier alpha value is -0.420. The predicted molar refractivity (Wildman–Crippen MR) is 136 cm³/mol. The standard InChI is InChI=1S/C30H50O4/c1-20-9-8-15-33-14-6-7-16-34-27-19-25-28(24-11-10-23(20)30(24,27)3)26(32-5)18-21-17-22(31-4)12-13-29(21,25)2/h6-7,20-28H,8-19H2,1-5H3/b7-6+/t20-,21+,22-,23-,24+,25+,26-,27+,28+,29+,30-/m1/s1. The van der Waals surface area contributed by atoms with Gasteiger partial charge >= 0.3 is 0 Å². The van der Waals surface area contributed by atoms with Gasteiger partial charge in [-0.15, -0.1) is 0 Å². The van der Waals surface area contributed by atoms with E-state index in [0.29, 0.717) is 60.6 Å². The van der Waals surface area contributed by atoms with Crippen LogP contribution in [0.25, 0.3) is 0 Å². The molecule has 0 unspecified atom stereocenters. The maximum absolute atomic E-state index is 6.87. The van der Waals surface area contributed by atoms with E-state index in [9.17, 15) is 0 Å². The van der Waals surface area contributed by atoms with Crippen molar-refractivity contribution in [2.45, 2.75) is 96.9 Å². The van der Waals surface area contributed by atoms with E-state index >= 15 is 0 Å². The van der Waals surface area contributed by atoms with Crippen molar-refractivity contribution in [2.24, 2.45) is 46.3 Å². The highest BCUT2D eigenvalue weighted by Crippen LogP contribution is 2.69. The summed E-state index contributed by atoms with van der Waals surface area (Å²) in [5, 5.41) is 0. The van der Waals surface area contributed by atoms with E-state index in [4.69, 9.17) is 18.9 Å². The van der Waals surface area contributed by atoms with Crippen LogP contribution in [0, 0.1) is 46.3 Å². The molecule has 4 saturated carbocycles. The predicted octanol–water partition coefficient (Wildman–Crippen LogP) is 6.28. The second kappa shape index (κ2) is 10.1. The molecular formula is C30H50O4. The summed E-state index contributed by atoms with van der Waals surface area (Å²) in [4.78, 5) is 0. The number of hydrogen-bond acceptors (Lipinski definition) is 4. The van der Waals surface area contributed by atoms with Crippen molar-refractivity contribution >= 4 is 0 Å². The number of methoxy groups -OCH3 is 2. The molecule has 5 rings (SSSR count). The van der Waals surface area contributed by atoms with Crippen LogP contribution in [0.2, 0.25) is 0 Å². The van der Waals surface area contributed by atoms with Crippen molar-refractivity contribution in [1.29, 1.82) is 0 Å². The van der Waals surface area contributed by atoms with Crippen LogP contribution in [-0.2, 0) is 18.9 Å². The van der Waals surface area contributed by atoms with E-state index < -0.39 is 0 Å². The topological polar surface area (TPSA) is 36.9 Å². The molecule has 5 aliphatic rings. The summed E-state index contributed by atoms with van der Waals surface area (Å²) in [6.45, 7) is 10.1. The molecule has 0 radical (unpaired) electrons. The summed E-state index contributed by atoms with van der Waals surface area (Å²) in [5.74, 6) is 4.22. The highest BCUT2D eigenvalue weighted by atomic mass is 16.5. The minimum atomic E-state index is 0.243. The first-order valence-corrected chi connectivity index (χ1v) is 14.3. The van der Waals surface area contributed by atoms with Crippen molar-refractivity contribution < 1.29 is 18.9 Å². The van der Waals surface area contributed by atoms with Gasteiger partial charge < -0.3 is 18.9 Å². The fraction of sp³-hybridized carbons (Fsp3) is 0.933. The van der Waals surface area contributed by atoms with Gasteiger partial charge in [-0.1, -0.05) is 32.9 Å². The molecule has 1 aliphatic heterocycles. The SMILES string of the molecule is CO[C@@H]1CC[C@@]2(C)[C@@H](C1)C[C@@H](OC)[C@@H]1[C@@H]2C[C@@H]2OC/C=C/COCCC[C@@H](C)[C@H]3CC[C@@H]1[C@]23C. The van der Waals surface area contributed by atoms with Crippen molar-refractivity contribution in [2.75, 3.05) is 34.0 Å². The summed E-state index contributed by atoms with van der Waals surface area (Å²) in [5.41, 5.74) is 0.626. The molecule has 0 spiro atoms. The Bertz CT molecular complexity index is 723. The molecule has 11 atom stereocenters. The van der Waals surface area contributed by atoms with Crippen molar-refractivity contribution in [1.82, 2.24) is 0 Å². The fourth-order valence-corrected chi connectivity index (χ4v) is 9.94. The Balaban J connectivity index is 1.50. The van der Waals surface area contributed by atoms with E-state index in [2.05, 4.69) is 32.9 Å². The summed E-state index contributed by atoms with van der Waals surface area (Å²) in [7, 11) is 3.88. The highest BCUT2D eigenvalue weighted by Gasteiger charge is 2.66. The number of rotatable bonds is 2. The van der Waals surface area contributed by atoms with E-state index in [1.165, 1.54) is 57.8 Å². The first-order chi connectivity index (χ1) is 16.4. The average molecular weight is 475 g/mol. The first-order valence-electron chi connectivity index (χ1n) is 14.3. The van der Waals surface area contributed by atoms with E-state index in [1.54, 1.807) is 0 Å². The van der Waals surface area contributed by atoms with Crippen LogP contribution in [0.5, 0.6) is 0 Å². The first kappa shape index (κ1) is 25.2. The minimum Gasteiger partial charge on any atom is -0.381 e. The van der Waals surface area contributed by atoms with Gasteiger partial charge in [0.05, 0.1) is 31.5 Å². The molecule has 34 heavy (non-hydrogen) atoms. The lowest BCUT2D eigenvalue weighted by Gasteiger charge is -2.64. The largest absolute Gasteiger partial charge is 0.381 e. The minimum absolute atomic E-state index is 0.243. The Morgan fingerprint density at radius 2 is 1.65 bits per heavy atom. The molecule has 0 amide bonds. The molecule has 4 heteroatoms. The van der Waals surface area contributed by atoms with Gasteiger partial charge in [0.25, 0.3) is 0 Å². The molecule has 1 heterocycles. The van der Waals surface area contributed by atoms with Crippen LogP contribution in [-0.4, -0.2) is 52.4 Å². The molecule has 0 saturated heterocycles. The quantitative estimate of drug-likeness (QED) is 0.441. The van der Waals surface area contributed by atoms with Crippen LogP contribution >= 0.6 is 0 Å². The maximum Gasteiger partial charge on any atom is 0.0652 e. The Kier molecular flexibility index (Phi) is 7.53. The van der Waals surface area contributed by atoms with Crippen molar-refractivity contribution in [3.8, 4) is 0 Å². The second-order valence-electron chi connectivity index (χ2n) is 12.9. The third-order valence-corrected chi connectivity index (χ3v) is 11.8. The van der Waals surface area contributed by atoms with Gasteiger partial charge in [0, 0.05) is 26.2 Å². The average Bonchev–Trinajstić information content (AvgIpc) is 3.20. The summed E-state index contributed by atoms with van der Waals surface area (Å²) in [6.07, 6.45) is 16.8. The van der Waals surface area contributed by atoms with E-state index in [1.807, 2.05) is 14.2 Å². The third kappa shape index (κ3) is 4.13. The third-order valence-electron chi connectivity index (χ3n) is 11.8. The molecule has 4 aliphatic carbocycles. The molecule has 4 fully saturated rings. The molecular weight excluding hydrogens is 424 g/mol. The molecule has 0 N–H and O–H groups in total. The molecule has 4 nitrogen and oxygen atoms in total. The number of ether oxygens (including phenoxy) is 4. The number of fused-ring (bicyclic) bond motifs is 4. The summed E-state index contributed by atoms with van der Waals surface area (Å²) < 4.78 is 24.9. The molecule has 0 bridgehead atoms. The van der Waals surface area contributed by atoms with Crippen LogP contribution in [0.1, 0.15) is 78.6 Å². The second-order valence-corrected chi connectivity index (χ2v) is 12.9. The van der Waals surface area contributed by atoms with Crippen molar-refractivity contribution in [3.63, 3.8) is 0 Å². The Morgan fingerprint density at radius 1 is 0.853 bits per heavy atom. The van der Waals surface area contributed by atoms with E-state index in [-0.39, 0.29) is 5.41 Å². The zero-order valence-corrected chi connectivity index (χ0v) is 22.5. The normalized spacial score (nSPS) is 52.8. The lowest BCUT2D eigenvalue weighted by atomic mass is 9.43. The van der Waals surface area contributed by atoms with Crippen LogP contribution in [0.3, 0.4) is 0 Å². The number of hydrogen-bond donors (Lipinski definition) is 0. The van der Waals surface area contributed by atoms with Crippen LogP contribution in [0.4, 0.5) is 0 Å². The van der Waals surface area contributed by atoms with Crippen LogP contribution in [0.15, 0.2) is 12.2 Å². The van der Waals surface area contributed by atoms with Gasteiger partial charge in [-0.05, 0) is 98.7 Å². The molecule has 0 aromatic rings. The van der Waals surface area contributed by atoms with Gasteiger partial charge in [0.1, 0.15) is 0 Å². The Labute approximate surface area is 208 Å². The lowest BCUT2D eigenvalue weighted by Crippen LogP contribution is -2.63. The lowest BCUT2D eigenvalue weighted by molar-refractivity contribution is -0.221. The molecule has 194 valence electrons. The zero-order chi connectivity index (χ0) is 23.9. The smallest absolute Gasteiger partial charge is 0.0652 e. The zero-order valence-electron chi connectivity index (χ0n) is 22.5. The molecule has 0 aromatic heterocycles. The summed E-state index contributed by atoms with van der Waals surface area (Å²) in [6, 6.07) is 0. The van der Waals surface area contributed by atoms with Gasteiger partial charge in [0.2, 0.25) is 0 Å². The monoisotopic (exact) mass is 474 g/mol.